The molecule has 0 aliphatic carbocycles. The fraction of sp³-hybridized carbons (Fsp3) is 0.542. The molecule has 0 spiro atoms. The molecule has 1 atom stereocenters. The zero-order valence-electron chi connectivity index (χ0n) is 18.1. The molecule has 1 aromatic heterocycles. The average molecular weight is 477 g/mol. The Hall–Kier alpha value is -1.15. The smallest absolute Gasteiger partial charge is 0.258 e. The Morgan fingerprint density at radius 2 is 1.90 bits per heavy atom. The van der Waals surface area contributed by atoms with Gasteiger partial charge in [0.1, 0.15) is 5.75 Å². The second kappa shape index (κ2) is 11.6. The van der Waals surface area contributed by atoms with Crippen LogP contribution in [0.15, 0.2) is 41.8 Å². The first kappa shape index (κ1) is 23.0. The van der Waals surface area contributed by atoms with E-state index in [0.717, 1.165) is 24.8 Å². The highest BCUT2D eigenvalue weighted by molar-refractivity contribution is 8.16. The van der Waals surface area contributed by atoms with Gasteiger partial charge in [0.15, 0.2) is 6.61 Å². The summed E-state index contributed by atoms with van der Waals surface area (Å²) in [6.45, 7) is 5.21. The van der Waals surface area contributed by atoms with Crippen LogP contribution in [0.25, 0.3) is 0 Å². The van der Waals surface area contributed by atoms with Gasteiger partial charge < -0.3 is 10.1 Å². The molecule has 7 heteroatoms. The third-order valence-electron chi connectivity index (χ3n) is 5.97. The Morgan fingerprint density at radius 1 is 1.16 bits per heavy atom. The Labute approximate surface area is 198 Å². The minimum Gasteiger partial charge on any atom is -0.484 e. The molecule has 168 valence electrons. The van der Waals surface area contributed by atoms with E-state index in [4.69, 9.17) is 4.74 Å². The molecule has 3 heterocycles. The number of amides is 1. The Kier molecular flexibility index (Phi) is 8.64. The first-order valence-corrected chi connectivity index (χ1v) is 14.2. The molecule has 1 aromatic carbocycles. The van der Waals surface area contributed by atoms with Gasteiger partial charge in [-0.25, -0.2) is 0 Å². The van der Waals surface area contributed by atoms with Crippen LogP contribution in [-0.2, 0) is 4.79 Å². The lowest BCUT2D eigenvalue weighted by molar-refractivity contribution is -0.123. The monoisotopic (exact) mass is 476 g/mol. The summed E-state index contributed by atoms with van der Waals surface area (Å²) < 4.78 is 6.28. The van der Waals surface area contributed by atoms with Crippen LogP contribution in [0.4, 0.5) is 0 Å². The van der Waals surface area contributed by atoms with Gasteiger partial charge in [0.25, 0.3) is 5.91 Å². The highest BCUT2D eigenvalue weighted by Gasteiger charge is 2.25. The Bertz CT molecular complexity index is 799. The number of benzene rings is 1. The van der Waals surface area contributed by atoms with Crippen molar-refractivity contribution in [2.75, 3.05) is 37.7 Å². The number of hydrogen-bond donors (Lipinski definition) is 1. The number of ether oxygens (including phenoxy) is 1. The van der Waals surface area contributed by atoms with Crippen LogP contribution in [-0.4, -0.2) is 48.6 Å². The standard InChI is InChI=1S/C24H32N2O2S3/c1-18-9-11-26(12-10-18)21(22-4-2-13-29-22)16-25-23(27)17-28-20-7-5-19(6-8-20)24-30-14-3-15-31-24/h2,4-8,13,18,21,24H,3,9-12,14-17H2,1H3,(H,25,27)/t21-/m1/s1. The molecule has 1 amide bonds. The minimum atomic E-state index is -0.0607. The van der Waals surface area contributed by atoms with Crippen LogP contribution >= 0.6 is 34.9 Å². The van der Waals surface area contributed by atoms with Gasteiger partial charge in [-0.15, -0.1) is 34.9 Å². The van der Waals surface area contributed by atoms with E-state index in [0.29, 0.717) is 11.1 Å². The number of carbonyl (C=O) groups is 1. The van der Waals surface area contributed by atoms with Crippen molar-refractivity contribution in [1.29, 1.82) is 0 Å². The number of thioether (sulfide) groups is 2. The van der Waals surface area contributed by atoms with E-state index in [1.165, 1.54) is 41.2 Å². The molecule has 0 unspecified atom stereocenters. The van der Waals surface area contributed by atoms with Crippen molar-refractivity contribution in [2.45, 2.75) is 36.8 Å². The lowest BCUT2D eigenvalue weighted by atomic mass is 9.97. The average Bonchev–Trinajstić information content (AvgIpc) is 3.34. The Balaban J connectivity index is 1.25. The zero-order valence-corrected chi connectivity index (χ0v) is 20.6. The molecular formula is C24H32N2O2S3. The number of carbonyl (C=O) groups excluding carboxylic acids is 1. The molecule has 2 aliphatic rings. The molecule has 0 saturated carbocycles. The predicted molar refractivity (Wildman–Crippen MR) is 134 cm³/mol. The molecule has 4 rings (SSSR count). The maximum absolute atomic E-state index is 12.5. The van der Waals surface area contributed by atoms with Crippen LogP contribution in [0.2, 0.25) is 0 Å². The molecule has 2 aliphatic heterocycles. The van der Waals surface area contributed by atoms with Gasteiger partial charge in [0, 0.05) is 11.4 Å². The van der Waals surface area contributed by atoms with E-state index < -0.39 is 0 Å². The van der Waals surface area contributed by atoms with E-state index in [1.54, 1.807) is 11.3 Å². The summed E-state index contributed by atoms with van der Waals surface area (Å²) in [5.74, 6) is 3.96. The maximum atomic E-state index is 12.5. The van der Waals surface area contributed by atoms with Gasteiger partial charge >= 0.3 is 0 Å². The van der Waals surface area contributed by atoms with Crippen LogP contribution in [0.3, 0.4) is 0 Å². The van der Waals surface area contributed by atoms with Crippen LogP contribution in [0.5, 0.6) is 5.75 Å². The van der Waals surface area contributed by atoms with Gasteiger partial charge in [0.2, 0.25) is 0 Å². The molecule has 1 N–H and O–H groups in total. The van der Waals surface area contributed by atoms with Crippen LogP contribution in [0.1, 0.15) is 47.3 Å². The van der Waals surface area contributed by atoms with Crippen LogP contribution in [0, 0.1) is 5.92 Å². The van der Waals surface area contributed by atoms with Gasteiger partial charge in [0.05, 0.1) is 10.6 Å². The maximum Gasteiger partial charge on any atom is 0.258 e. The van der Waals surface area contributed by atoms with E-state index in [2.05, 4.69) is 46.8 Å². The SMILES string of the molecule is CC1CCN([C@H](CNC(=O)COc2ccc(C3SCCCS3)cc2)c2cccs2)CC1. The fourth-order valence-corrected chi connectivity index (χ4v) is 7.80. The van der Waals surface area contributed by atoms with Crippen molar-refractivity contribution in [1.82, 2.24) is 10.2 Å². The van der Waals surface area contributed by atoms with Gasteiger partial charge in [-0.1, -0.05) is 25.1 Å². The number of hydrogen-bond acceptors (Lipinski definition) is 6. The third-order valence-corrected chi connectivity index (χ3v) is 9.96. The molecule has 31 heavy (non-hydrogen) atoms. The number of thiophene rings is 1. The summed E-state index contributed by atoms with van der Waals surface area (Å²) in [4.78, 5) is 16.3. The van der Waals surface area contributed by atoms with E-state index in [9.17, 15) is 4.79 Å². The molecule has 0 bridgehead atoms. The summed E-state index contributed by atoms with van der Waals surface area (Å²) in [6, 6.07) is 12.8. The highest BCUT2D eigenvalue weighted by Crippen LogP contribution is 2.43. The number of rotatable bonds is 8. The molecule has 2 aromatic rings. The summed E-state index contributed by atoms with van der Waals surface area (Å²) in [5, 5.41) is 5.23. The van der Waals surface area contributed by atoms with E-state index >= 15 is 0 Å². The number of piperidine rings is 1. The van der Waals surface area contributed by atoms with Gasteiger partial charge in [-0.2, -0.15) is 0 Å². The van der Waals surface area contributed by atoms with E-state index in [1.807, 2.05) is 35.7 Å². The molecule has 0 radical (unpaired) electrons. The summed E-state index contributed by atoms with van der Waals surface area (Å²) in [6.07, 6.45) is 3.76. The zero-order chi connectivity index (χ0) is 21.5. The summed E-state index contributed by atoms with van der Waals surface area (Å²) in [5.41, 5.74) is 1.33. The second-order valence-corrected chi connectivity index (χ2v) is 12.0. The highest BCUT2D eigenvalue weighted by atomic mass is 32.2. The van der Waals surface area contributed by atoms with Gasteiger partial charge in [-0.3, -0.25) is 9.69 Å². The van der Waals surface area contributed by atoms with Crippen molar-refractivity contribution in [3.8, 4) is 5.75 Å². The van der Waals surface area contributed by atoms with E-state index in [-0.39, 0.29) is 18.6 Å². The normalized spacial score (nSPS) is 19.8. The summed E-state index contributed by atoms with van der Waals surface area (Å²) in [7, 11) is 0. The molecule has 4 nitrogen and oxygen atoms in total. The lowest BCUT2D eigenvalue weighted by Crippen LogP contribution is -2.42. The molecular weight excluding hydrogens is 444 g/mol. The number of likely N-dealkylation sites (tertiary alicyclic amines) is 1. The van der Waals surface area contributed by atoms with Crippen molar-refractivity contribution in [3.05, 3.63) is 52.2 Å². The minimum absolute atomic E-state index is 0.0560. The molecule has 2 saturated heterocycles. The Morgan fingerprint density at radius 3 is 2.58 bits per heavy atom. The predicted octanol–water partition coefficient (Wildman–Crippen LogP) is 5.59. The van der Waals surface area contributed by atoms with Crippen molar-refractivity contribution in [2.24, 2.45) is 5.92 Å². The van der Waals surface area contributed by atoms with Gasteiger partial charge in [-0.05, 0) is 78.9 Å². The van der Waals surface area contributed by atoms with Crippen molar-refractivity contribution in [3.63, 3.8) is 0 Å². The first-order chi connectivity index (χ1) is 15.2. The molecule has 2 fully saturated rings. The third kappa shape index (κ3) is 6.67. The first-order valence-electron chi connectivity index (χ1n) is 11.2. The second-order valence-electron chi connectivity index (χ2n) is 8.34. The fourth-order valence-electron chi connectivity index (χ4n) is 4.04. The quantitative estimate of drug-likeness (QED) is 0.538. The topological polar surface area (TPSA) is 41.6 Å². The number of nitrogens with one attached hydrogen (secondary N) is 1. The van der Waals surface area contributed by atoms with Crippen LogP contribution < -0.4 is 10.1 Å². The van der Waals surface area contributed by atoms with Crippen molar-refractivity contribution < 1.29 is 9.53 Å². The van der Waals surface area contributed by atoms with Crippen molar-refractivity contribution >= 4 is 40.8 Å². The largest absolute Gasteiger partial charge is 0.484 e. The summed E-state index contributed by atoms with van der Waals surface area (Å²) >= 11 is 5.80. The number of nitrogens with zero attached hydrogens (tertiary/aromatic N) is 1. The lowest BCUT2D eigenvalue weighted by Gasteiger charge is -2.36.